The third-order valence-electron chi connectivity index (χ3n) is 4.35. The first kappa shape index (κ1) is 18.6. The molecule has 1 amide bonds. The second-order valence-electron chi connectivity index (χ2n) is 6.21. The van der Waals surface area contributed by atoms with E-state index >= 15 is 0 Å². The lowest BCUT2D eigenvalue weighted by molar-refractivity contribution is -0.146. The van der Waals surface area contributed by atoms with E-state index in [0.717, 1.165) is 32.1 Å². The fourth-order valence-corrected chi connectivity index (χ4v) is 2.86. The van der Waals surface area contributed by atoms with Gasteiger partial charge in [-0.25, -0.2) is 0 Å². The van der Waals surface area contributed by atoms with Crippen LogP contribution in [0.25, 0.3) is 0 Å². The van der Waals surface area contributed by atoms with E-state index in [1.54, 1.807) is 0 Å². The van der Waals surface area contributed by atoms with Crippen molar-refractivity contribution >= 4 is 18.3 Å². The number of nitrogens with two attached hydrogens (primary N) is 1. The topological polar surface area (TPSA) is 46.3 Å². The molecule has 0 heterocycles. The van der Waals surface area contributed by atoms with Gasteiger partial charge in [0.05, 0.1) is 6.42 Å². The van der Waals surface area contributed by atoms with E-state index in [0.29, 0.717) is 18.9 Å². The quantitative estimate of drug-likeness (QED) is 0.814. The Balaban J connectivity index is 0.00000220. The monoisotopic (exact) mass is 328 g/mol. The molecule has 7 heteroatoms. The third-order valence-corrected chi connectivity index (χ3v) is 4.35. The van der Waals surface area contributed by atoms with Gasteiger partial charge in [0.25, 0.3) is 0 Å². The minimum Gasteiger partial charge on any atom is -0.342 e. The number of carbonyl (C=O) groups is 1. The lowest BCUT2D eigenvalue weighted by Gasteiger charge is -2.25. The SMILES string of the molecule is Cl.N[C@@H]1CCC[C@H]1CC(=O)N(CCC(F)(F)F)CC1CC1. The van der Waals surface area contributed by atoms with Gasteiger partial charge < -0.3 is 10.6 Å². The number of rotatable bonds is 6. The maximum absolute atomic E-state index is 12.3. The lowest BCUT2D eigenvalue weighted by Crippen LogP contribution is -2.38. The second-order valence-corrected chi connectivity index (χ2v) is 6.21. The Morgan fingerprint density at radius 3 is 2.33 bits per heavy atom. The Labute approximate surface area is 129 Å². The molecular weight excluding hydrogens is 305 g/mol. The highest BCUT2D eigenvalue weighted by Gasteiger charge is 2.34. The van der Waals surface area contributed by atoms with Gasteiger partial charge in [-0.3, -0.25) is 4.79 Å². The number of nitrogens with zero attached hydrogens (tertiary/aromatic N) is 1. The molecular formula is C14H24ClF3N2O. The summed E-state index contributed by atoms with van der Waals surface area (Å²) >= 11 is 0. The van der Waals surface area contributed by atoms with Crippen LogP contribution in [-0.4, -0.2) is 36.1 Å². The van der Waals surface area contributed by atoms with Crippen LogP contribution in [0.1, 0.15) is 44.9 Å². The highest BCUT2D eigenvalue weighted by atomic mass is 35.5. The van der Waals surface area contributed by atoms with Crippen LogP contribution >= 0.6 is 12.4 Å². The van der Waals surface area contributed by atoms with E-state index in [4.69, 9.17) is 5.73 Å². The van der Waals surface area contributed by atoms with Crippen molar-refractivity contribution in [1.82, 2.24) is 4.90 Å². The van der Waals surface area contributed by atoms with E-state index in [9.17, 15) is 18.0 Å². The van der Waals surface area contributed by atoms with E-state index < -0.39 is 12.6 Å². The molecule has 2 N–H and O–H groups in total. The minimum absolute atomic E-state index is 0. The summed E-state index contributed by atoms with van der Waals surface area (Å²) in [6, 6.07) is 0.0318. The van der Waals surface area contributed by atoms with Gasteiger partial charge in [0.2, 0.25) is 5.91 Å². The van der Waals surface area contributed by atoms with Gasteiger partial charge in [-0.1, -0.05) is 6.42 Å². The number of alkyl halides is 3. The van der Waals surface area contributed by atoms with Gasteiger partial charge in [-0.05, 0) is 37.5 Å². The summed E-state index contributed by atoms with van der Waals surface area (Å²) in [4.78, 5) is 13.6. The zero-order chi connectivity index (χ0) is 14.8. The molecule has 124 valence electrons. The largest absolute Gasteiger partial charge is 0.390 e. The summed E-state index contributed by atoms with van der Waals surface area (Å²) in [6.45, 7) is 0.275. The molecule has 3 nitrogen and oxygen atoms in total. The molecule has 0 unspecified atom stereocenters. The van der Waals surface area contributed by atoms with Crippen LogP contribution < -0.4 is 5.73 Å². The molecule has 2 saturated carbocycles. The van der Waals surface area contributed by atoms with Gasteiger partial charge in [-0.2, -0.15) is 13.2 Å². The van der Waals surface area contributed by atoms with Crippen molar-refractivity contribution in [2.45, 2.75) is 57.2 Å². The standard InChI is InChI=1S/C14H23F3N2O.ClH/c15-14(16,17)6-7-19(9-10-4-5-10)13(20)8-11-2-1-3-12(11)18;/h10-12H,1-9,18H2;1H/t11-,12+;/m0./s1. The summed E-state index contributed by atoms with van der Waals surface area (Å²) in [5.74, 6) is 0.406. The van der Waals surface area contributed by atoms with Gasteiger partial charge in [0, 0.05) is 25.6 Å². The van der Waals surface area contributed by atoms with Crippen molar-refractivity contribution < 1.29 is 18.0 Å². The number of hydrogen-bond donors (Lipinski definition) is 1. The zero-order valence-electron chi connectivity index (χ0n) is 12.1. The molecule has 0 saturated heterocycles. The molecule has 0 aromatic carbocycles. The van der Waals surface area contributed by atoms with Crippen molar-refractivity contribution in [2.24, 2.45) is 17.6 Å². The molecule has 2 fully saturated rings. The van der Waals surface area contributed by atoms with Gasteiger partial charge in [-0.15, -0.1) is 12.4 Å². The highest BCUT2D eigenvalue weighted by Crippen LogP contribution is 2.32. The summed E-state index contributed by atoms with van der Waals surface area (Å²) in [7, 11) is 0. The van der Waals surface area contributed by atoms with Gasteiger partial charge in [0.15, 0.2) is 0 Å². The predicted molar refractivity (Wildman–Crippen MR) is 77.2 cm³/mol. The van der Waals surface area contributed by atoms with Crippen molar-refractivity contribution in [3.8, 4) is 0 Å². The second kappa shape index (κ2) is 7.68. The summed E-state index contributed by atoms with van der Waals surface area (Å²) in [5, 5.41) is 0. The van der Waals surface area contributed by atoms with Gasteiger partial charge >= 0.3 is 6.18 Å². The Hall–Kier alpha value is -0.490. The molecule has 0 aliphatic heterocycles. The van der Waals surface area contributed by atoms with Crippen molar-refractivity contribution in [3.05, 3.63) is 0 Å². The smallest absolute Gasteiger partial charge is 0.342 e. The number of amides is 1. The first-order chi connectivity index (χ1) is 9.35. The van der Waals surface area contributed by atoms with Crippen molar-refractivity contribution in [2.75, 3.05) is 13.1 Å². The Bertz CT molecular complexity index is 348. The van der Waals surface area contributed by atoms with Crippen LogP contribution in [0.4, 0.5) is 13.2 Å². The molecule has 2 aliphatic carbocycles. The van der Waals surface area contributed by atoms with Crippen molar-refractivity contribution in [1.29, 1.82) is 0 Å². The molecule has 0 bridgehead atoms. The van der Waals surface area contributed by atoms with Crippen LogP contribution in [0.3, 0.4) is 0 Å². The summed E-state index contributed by atoms with van der Waals surface area (Å²) in [6.07, 6.45) is 0.105. The molecule has 2 rings (SSSR count). The Kier molecular flexibility index (Phi) is 6.78. The maximum Gasteiger partial charge on any atom is 0.390 e. The normalized spacial score (nSPS) is 25.5. The van der Waals surface area contributed by atoms with E-state index in [1.165, 1.54) is 4.90 Å². The molecule has 0 radical (unpaired) electrons. The number of hydrogen-bond acceptors (Lipinski definition) is 2. The lowest BCUT2D eigenvalue weighted by atomic mass is 9.99. The highest BCUT2D eigenvalue weighted by molar-refractivity contribution is 5.85. The van der Waals surface area contributed by atoms with Crippen LogP contribution in [0, 0.1) is 11.8 Å². The third kappa shape index (κ3) is 6.43. The fourth-order valence-electron chi connectivity index (χ4n) is 2.86. The molecule has 2 aliphatic rings. The fraction of sp³-hybridized carbons (Fsp3) is 0.929. The molecule has 0 spiro atoms. The average Bonchev–Trinajstić information content (AvgIpc) is 3.08. The van der Waals surface area contributed by atoms with Crippen LogP contribution in [-0.2, 0) is 4.79 Å². The Morgan fingerprint density at radius 2 is 1.86 bits per heavy atom. The zero-order valence-corrected chi connectivity index (χ0v) is 12.9. The van der Waals surface area contributed by atoms with E-state index in [-0.39, 0.29) is 36.8 Å². The first-order valence-electron chi connectivity index (χ1n) is 7.45. The van der Waals surface area contributed by atoms with Crippen LogP contribution in [0.5, 0.6) is 0 Å². The first-order valence-corrected chi connectivity index (χ1v) is 7.45. The van der Waals surface area contributed by atoms with E-state index in [1.807, 2.05) is 0 Å². The summed E-state index contributed by atoms with van der Waals surface area (Å²) in [5.41, 5.74) is 5.93. The average molecular weight is 329 g/mol. The van der Waals surface area contributed by atoms with Crippen molar-refractivity contribution in [3.63, 3.8) is 0 Å². The molecule has 2 atom stereocenters. The number of carbonyl (C=O) groups excluding carboxylic acids is 1. The molecule has 21 heavy (non-hydrogen) atoms. The van der Waals surface area contributed by atoms with Gasteiger partial charge in [0.1, 0.15) is 0 Å². The van der Waals surface area contributed by atoms with E-state index in [2.05, 4.69) is 0 Å². The molecule has 0 aromatic rings. The Morgan fingerprint density at radius 1 is 1.19 bits per heavy atom. The predicted octanol–water partition coefficient (Wildman–Crippen LogP) is 3.12. The van der Waals surface area contributed by atoms with Crippen LogP contribution in [0.15, 0.2) is 0 Å². The minimum atomic E-state index is -4.20. The number of halogens is 4. The summed E-state index contributed by atoms with van der Waals surface area (Å²) < 4.78 is 37.0. The molecule has 0 aromatic heterocycles. The van der Waals surface area contributed by atoms with Crippen LogP contribution in [0.2, 0.25) is 0 Å². The maximum atomic E-state index is 12.3.